The van der Waals surface area contributed by atoms with Crippen molar-refractivity contribution < 1.29 is 14.6 Å². The summed E-state index contributed by atoms with van der Waals surface area (Å²) in [5.41, 5.74) is 0.822. The Bertz CT molecular complexity index is 593. The van der Waals surface area contributed by atoms with Crippen molar-refractivity contribution in [2.24, 2.45) is 0 Å². The van der Waals surface area contributed by atoms with E-state index in [1.807, 2.05) is 0 Å². The Labute approximate surface area is 116 Å². The van der Waals surface area contributed by atoms with Gasteiger partial charge in [0.2, 0.25) is 0 Å². The average Bonchev–Trinajstić information content (AvgIpc) is 2.43. The van der Waals surface area contributed by atoms with Crippen LogP contribution in [-0.2, 0) is 16.0 Å². The van der Waals surface area contributed by atoms with E-state index < -0.39 is 0 Å². The second kappa shape index (κ2) is 7.45. The van der Waals surface area contributed by atoms with Crippen molar-refractivity contribution in [3.63, 3.8) is 0 Å². The van der Waals surface area contributed by atoms with Crippen molar-refractivity contribution in [2.75, 3.05) is 11.9 Å². The maximum Gasteiger partial charge on any atom is 0.310 e. The summed E-state index contributed by atoms with van der Waals surface area (Å²) in [7, 11) is 0. The number of rotatable bonds is 5. The molecule has 6 heteroatoms. The summed E-state index contributed by atoms with van der Waals surface area (Å²) in [5.74, 6) is -0.418. The van der Waals surface area contributed by atoms with Gasteiger partial charge in [-0.25, -0.2) is 0 Å². The molecule has 0 spiro atoms. The smallest absolute Gasteiger partial charge is 0.310 e. The molecule has 0 aliphatic carbocycles. The number of nitrogens with zero attached hydrogens (tertiary/aromatic N) is 2. The highest BCUT2D eigenvalue weighted by molar-refractivity contribution is 5.73. The van der Waals surface area contributed by atoms with Gasteiger partial charge in [0.1, 0.15) is 23.5 Å². The van der Waals surface area contributed by atoms with Gasteiger partial charge < -0.3 is 15.2 Å². The Hall–Kier alpha value is -2.99. The summed E-state index contributed by atoms with van der Waals surface area (Å²) in [6.07, 6.45) is 1.26. The van der Waals surface area contributed by atoms with E-state index in [-0.39, 0.29) is 23.7 Å². The van der Waals surface area contributed by atoms with Gasteiger partial charge in [-0.3, -0.25) is 4.79 Å². The van der Waals surface area contributed by atoms with Gasteiger partial charge in [-0.15, -0.1) is 0 Å². The molecule has 2 N–H and O–H groups in total. The topological polar surface area (TPSA) is 106 Å². The molecule has 0 saturated carbocycles. The minimum Gasteiger partial charge on any atom is -0.506 e. The van der Waals surface area contributed by atoms with E-state index in [9.17, 15) is 9.90 Å². The lowest BCUT2D eigenvalue weighted by Crippen LogP contribution is -2.07. The predicted molar refractivity (Wildman–Crippen MR) is 71.4 cm³/mol. The molecule has 0 bridgehead atoms. The van der Waals surface area contributed by atoms with Crippen molar-refractivity contribution in [1.82, 2.24) is 0 Å². The van der Waals surface area contributed by atoms with E-state index in [1.54, 1.807) is 31.2 Å². The molecule has 1 aromatic rings. The number of allylic oxidation sites excluding steroid dienone is 1. The summed E-state index contributed by atoms with van der Waals surface area (Å²) >= 11 is 0. The first-order valence-corrected chi connectivity index (χ1v) is 5.85. The third-order valence-electron chi connectivity index (χ3n) is 2.33. The molecule has 20 heavy (non-hydrogen) atoms. The van der Waals surface area contributed by atoms with Crippen molar-refractivity contribution in [1.29, 1.82) is 10.5 Å². The van der Waals surface area contributed by atoms with Crippen LogP contribution in [0.2, 0.25) is 0 Å². The van der Waals surface area contributed by atoms with Crippen LogP contribution in [0.1, 0.15) is 12.5 Å². The number of nitriles is 2. The number of carbonyl (C=O) groups is 1. The number of nitrogens with one attached hydrogen (secondary N) is 1. The lowest BCUT2D eigenvalue weighted by molar-refractivity contribution is -0.142. The first-order chi connectivity index (χ1) is 9.60. The molecule has 0 atom stereocenters. The first-order valence-electron chi connectivity index (χ1n) is 5.85. The normalized spacial score (nSPS) is 8.95. The van der Waals surface area contributed by atoms with Gasteiger partial charge in [0.05, 0.1) is 18.7 Å². The molecule has 0 aliphatic heterocycles. The van der Waals surface area contributed by atoms with Crippen LogP contribution in [0.5, 0.6) is 5.75 Å². The fourth-order valence-electron chi connectivity index (χ4n) is 1.43. The second-order valence-corrected chi connectivity index (χ2v) is 3.76. The molecule has 0 unspecified atom stereocenters. The Morgan fingerprint density at radius 3 is 2.75 bits per heavy atom. The third kappa shape index (κ3) is 4.35. The maximum atomic E-state index is 11.4. The minimum absolute atomic E-state index is 0.0518. The van der Waals surface area contributed by atoms with Crippen LogP contribution in [0.4, 0.5) is 5.69 Å². The number of hydrogen-bond acceptors (Lipinski definition) is 6. The number of carbonyl (C=O) groups excluding carboxylic acids is 1. The van der Waals surface area contributed by atoms with Gasteiger partial charge in [0.25, 0.3) is 0 Å². The summed E-state index contributed by atoms with van der Waals surface area (Å²) in [4.78, 5) is 11.4. The number of benzene rings is 1. The standard InChI is InChI=1S/C14H13N3O3/c1-2-20-14(19)6-10-3-4-13(18)12(5-10)17-9-11(7-15)8-16/h3-5,9,17-18H,2,6H2,1H3. The summed E-state index contributed by atoms with van der Waals surface area (Å²) in [6.45, 7) is 2.02. The van der Waals surface area contributed by atoms with E-state index in [4.69, 9.17) is 15.3 Å². The van der Waals surface area contributed by atoms with E-state index in [2.05, 4.69) is 5.32 Å². The number of phenolic OH excluding ortho intramolecular Hbond substituents is 1. The molecule has 0 saturated heterocycles. The van der Waals surface area contributed by atoms with Gasteiger partial charge >= 0.3 is 5.97 Å². The zero-order valence-electron chi connectivity index (χ0n) is 10.9. The molecule has 0 aliphatic rings. The number of aromatic hydroxyl groups is 1. The van der Waals surface area contributed by atoms with Crippen molar-refractivity contribution in [3.8, 4) is 17.9 Å². The number of hydrogen-bond donors (Lipinski definition) is 2. The molecular formula is C14H13N3O3. The van der Waals surface area contributed by atoms with Gasteiger partial charge in [0, 0.05) is 6.20 Å². The third-order valence-corrected chi connectivity index (χ3v) is 2.33. The Kier molecular flexibility index (Phi) is 5.61. The molecular weight excluding hydrogens is 258 g/mol. The van der Waals surface area contributed by atoms with Gasteiger partial charge in [-0.2, -0.15) is 10.5 Å². The highest BCUT2D eigenvalue weighted by atomic mass is 16.5. The largest absolute Gasteiger partial charge is 0.506 e. The van der Waals surface area contributed by atoms with Crippen LogP contribution >= 0.6 is 0 Å². The van der Waals surface area contributed by atoms with Crippen molar-refractivity contribution >= 4 is 11.7 Å². The molecule has 0 heterocycles. The predicted octanol–water partition coefficient (Wildman–Crippen LogP) is 1.84. The lowest BCUT2D eigenvalue weighted by atomic mass is 10.1. The number of phenols is 1. The monoisotopic (exact) mass is 271 g/mol. The maximum absolute atomic E-state index is 11.4. The summed E-state index contributed by atoms with van der Waals surface area (Å²) < 4.78 is 4.83. The second-order valence-electron chi connectivity index (χ2n) is 3.76. The molecule has 1 rings (SSSR count). The van der Waals surface area contributed by atoms with Crippen LogP contribution in [0.3, 0.4) is 0 Å². The van der Waals surface area contributed by atoms with Crippen LogP contribution in [-0.4, -0.2) is 17.7 Å². The molecule has 0 aromatic heterocycles. The van der Waals surface area contributed by atoms with E-state index >= 15 is 0 Å². The van der Waals surface area contributed by atoms with E-state index in [0.29, 0.717) is 17.9 Å². The Morgan fingerprint density at radius 2 is 2.15 bits per heavy atom. The number of ether oxygens (including phenoxy) is 1. The summed E-state index contributed by atoms with van der Waals surface area (Å²) in [5, 5.41) is 29.5. The van der Waals surface area contributed by atoms with E-state index in [0.717, 1.165) is 0 Å². The highest BCUT2D eigenvalue weighted by Gasteiger charge is 2.07. The number of esters is 1. The fraction of sp³-hybridized carbons (Fsp3) is 0.214. The van der Waals surface area contributed by atoms with Gasteiger partial charge in [-0.05, 0) is 24.6 Å². The molecule has 1 aromatic carbocycles. The average molecular weight is 271 g/mol. The molecule has 0 fully saturated rings. The van der Waals surface area contributed by atoms with Crippen LogP contribution in [0, 0.1) is 22.7 Å². The van der Waals surface area contributed by atoms with Crippen molar-refractivity contribution in [3.05, 3.63) is 35.5 Å². The fourth-order valence-corrected chi connectivity index (χ4v) is 1.43. The minimum atomic E-state index is -0.366. The van der Waals surface area contributed by atoms with Crippen LogP contribution in [0.25, 0.3) is 0 Å². The Balaban J connectivity index is 2.88. The quantitative estimate of drug-likeness (QED) is 0.481. The molecule has 102 valence electrons. The zero-order valence-corrected chi connectivity index (χ0v) is 10.9. The van der Waals surface area contributed by atoms with Crippen LogP contribution < -0.4 is 5.32 Å². The zero-order chi connectivity index (χ0) is 15.0. The first kappa shape index (κ1) is 15.1. The molecule has 0 radical (unpaired) electrons. The molecule has 6 nitrogen and oxygen atoms in total. The Morgan fingerprint density at radius 1 is 1.45 bits per heavy atom. The highest BCUT2D eigenvalue weighted by Crippen LogP contribution is 2.24. The lowest BCUT2D eigenvalue weighted by Gasteiger charge is -2.07. The summed E-state index contributed by atoms with van der Waals surface area (Å²) in [6, 6.07) is 7.94. The van der Waals surface area contributed by atoms with E-state index in [1.165, 1.54) is 12.3 Å². The SMILES string of the molecule is CCOC(=O)Cc1ccc(O)c(NC=C(C#N)C#N)c1. The van der Waals surface area contributed by atoms with Gasteiger partial charge in [0.15, 0.2) is 0 Å². The van der Waals surface area contributed by atoms with Gasteiger partial charge in [-0.1, -0.05) is 6.07 Å². The molecule has 0 amide bonds. The van der Waals surface area contributed by atoms with Crippen molar-refractivity contribution in [2.45, 2.75) is 13.3 Å². The number of anilines is 1. The van der Waals surface area contributed by atoms with Crippen LogP contribution in [0.15, 0.2) is 30.0 Å².